The van der Waals surface area contributed by atoms with Crippen LogP contribution in [-0.4, -0.2) is 30.9 Å². The molecule has 0 aliphatic rings. The van der Waals surface area contributed by atoms with Gasteiger partial charge in [-0.1, -0.05) is 12.1 Å². The standard InChI is InChI=1S/C18H14F4N2O4/c19-13-3-1-2-4-14(13)24-15(25)10-28-16(26)9-23-17(27)11-5-7-12(8-6-11)18(20,21)22/h1-8H,9-10H2,(H,23,27)(H,24,25). The van der Waals surface area contributed by atoms with Crippen LogP contribution in [0, 0.1) is 5.82 Å². The summed E-state index contributed by atoms with van der Waals surface area (Å²) < 4.78 is 55.4. The molecule has 2 aromatic carbocycles. The van der Waals surface area contributed by atoms with Gasteiger partial charge in [0.15, 0.2) is 6.61 Å². The zero-order valence-corrected chi connectivity index (χ0v) is 14.2. The van der Waals surface area contributed by atoms with Crippen LogP contribution >= 0.6 is 0 Å². The lowest BCUT2D eigenvalue weighted by molar-refractivity contribution is -0.146. The van der Waals surface area contributed by atoms with E-state index in [1.165, 1.54) is 18.2 Å². The number of ether oxygens (including phenoxy) is 1. The summed E-state index contributed by atoms with van der Waals surface area (Å²) in [6, 6.07) is 8.79. The van der Waals surface area contributed by atoms with Crippen molar-refractivity contribution in [1.29, 1.82) is 0 Å². The summed E-state index contributed by atoms with van der Waals surface area (Å²) in [7, 11) is 0. The maximum absolute atomic E-state index is 13.4. The Hall–Kier alpha value is -3.43. The minimum atomic E-state index is -4.53. The average Bonchev–Trinajstić information content (AvgIpc) is 2.65. The molecule has 0 radical (unpaired) electrons. The Labute approximate surface area is 156 Å². The van der Waals surface area contributed by atoms with Crippen molar-refractivity contribution < 1.29 is 36.7 Å². The molecule has 0 spiro atoms. The van der Waals surface area contributed by atoms with Crippen molar-refractivity contribution in [1.82, 2.24) is 5.32 Å². The molecule has 0 aromatic heterocycles. The van der Waals surface area contributed by atoms with Crippen molar-refractivity contribution in [2.45, 2.75) is 6.18 Å². The average molecular weight is 398 g/mol. The van der Waals surface area contributed by atoms with E-state index >= 15 is 0 Å². The highest BCUT2D eigenvalue weighted by Crippen LogP contribution is 2.29. The first-order valence-electron chi connectivity index (χ1n) is 7.82. The zero-order chi connectivity index (χ0) is 20.7. The van der Waals surface area contributed by atoms with Crippen LogP contribution in [0.5, 0.6) is 0 Å². The summed E-state index contributed by atoms with van der Waals surface area (Å²) in [4.78, 5) is 35.0. The first-order chi connectivity index (χ1) is 13.2. The molecule has 0 heterocycles. The smallest absolute Gasteiger partial charge is 0.416 e. The number of anilines is 1. The molecule has 0 aliphatic heterocycles. The Balaban J connectivity index is 1.76. The summed E-state index contributed by atoms with van der Waals surface area (Å²) in [5.74, 6) is -3.19. The van der Waals surface area contributed by atoms with E-state index in [4.69, 9.17) is 0 Å². The SMILES string of the molecule is O=C(COC(=O)CNC(=O)c1ccc(C(F)(F)F)cc1)Nc1ccccc1F. The van der Waals surface area contributed by atoms with Crippen LogP contribution in [-0.2, 0) is 20.5 Å². The third kappa shape index (κ3) is 6.08. The lowest BCUT2D eigenvalue weighted by Gasteiger charge is -2.09. The van der Waals surface area contributed by atoms with Crippen molar-refractivity contribution in [2.75, 3.05) is 18.5 Å². The zero-order valence-electron chi connectivity index (χ0n) is 14.2. The lowest BCUT2D eigenvalue weighted by Crippen LogP contribution is -2.32. The van der Waals surface area contributed by atoms with Crippen LogP contribution in [0.25, 0.3) is 0 Å². The molecule has 0 bridgehead atoms. The number of alkyl halides is 3. The summed E-state index contributed by atoms with van der Waals surface area (Å²) in [6.45, 7) is -1.31. The normalized spacial score (nSPS) is 10.9. The van der Waals surface area contributed by atoms with Crippen molar-refractivity contribution in [3.8, 4) is 0 Å². The third-order valence-corrected chi connectivity index (χ3v) is 3.38. The van der Waals surface area contributed by atoms with Gasteiger partial charge in [-0.2, -0.15) is 13.2 Å². The molecule has 6 nitrogen and oxygen atoms in total. The van der Waals surface area contributed by atoms with E-state index < -0.39 is 48.5 Å². The quantitative estimate of drug-likeness (QED) is 0.579. The number of benzene rings is 2. The minimum absolute atomic E-state index is 0.0841. The van der Waals surface area contributed by atoms with E-state index in [1.807, 2.05) is 0 Å². The number of hydrogen-bond donors (Lipinski definition) is 2. The largest absolute Gasteiger partial charge is 0.454 e. The predicted molar refractivity (Wildman–Crippen MR) is 89.8 cm³/mol. The van der Waals surface area contributed by atoms with E-state index in [9.17, 15) is 31.9 Å². The van der Waals surface area contributed by atoms with Gasteiger partial charge in [-0.3, -0.25) is 14.4 Å². The predicted octanol–water partition coefficient (Wildman–Crippen LogP) is 2.76. The number of halogens is 4. The Morgan fingerprint density at radius 3 is 2.21 bits per heavy atom. The summed E-state index contributed by atoms with van der Waals surface area (Å²) in [5.41, 5.74) is -1.08. The number of nitrogens with one attached hydrogen (secondary N) is 2. The van der Waals surface area contributed by atoms with Crippen LogP contribution in [0.1, 0.15) is 15.9 Å². The number of rotatable bonds is 6. The molecule has 0 atom stereocenters. The highest BCUT2D eigenvalue weighted by atomic mass is 19.4. The van der Waals surface area contributed by atoms with Crippen LogP contribution in [0.3, 0.4) is 0 Å². The second kappa shape index (κ2) is 8.98. The van der Waals surface area contributed by atoms with E-state index in [2.05, 4.69) is 15.4 Å². The Morgan fingerprint density at radius 1 is 0.964 bits per heavy atom. The molecule has 0 aliphatic carbocycles. The van der Waals surface area contributed by atoms with E-state index in [0.717, 1.165) is 30.3 Å². The minimum Gasteiger partial charge on any atom is -0.454 e. The van der Waals surface area contributed by atoms with Gasteiger partial charge < -0.3 is 15.4 Å². The van der Waals surface area contributed by atoms with Crippen LogP contribution < -0.4 is 10.6 Å². The number of para-hydroxylation sites is 1. The lowest BCUT2D eigenvalue weighted by atomic mass is 10.1. The van der Waals surface area contributed by atoms with Gasteiger partial charge in [-0.25, -0.2) is 4.39 Å². The van der Waals surface area contributed by atoms with Gasteiger partial charge in [0.05, 0.1) is 11.3 Å². The molecule has 10 heteroatoms. The molecule has 2 aromatic rings. The third-order valence-electron chi connectivity index (χ3n) is 3.38. The number of carbonyl (C=O) groups excluding carboxylic acids is 3. The van der Waals surface area contributed by atoms with Crippen LogP contribution in [0.2, 0.25) is 0 Å². The number of amides is 2. The van der Waals surface area contributed by atoms with Crippen molar-refractivity contribution in [3.05, 3.63) is 65.5 Å². The maximum atomic E-state index is 13.4. The van der Waals surface area contributed by atoms with Gasteiger partial charge in [0.2, 0.25) is 0 Å². The first kappa shape index (κ1) is 20.9. The topological polar surface area (TPSA) is 84.5 Å². The fourth-order valence-corrected chi connectivity index (χ4v) is 2.01. The number of hydrogen-bond acceptors (Lipinski definition) is 4. The van der Waals surface area contributed by atoms with E-state index in [1.54, 1.807) is 0 Å². The molecule has 148 valence electrons. The van der Waals surface area contributed by atoms with Crippen molar-refractivity contribution >= 4 is 23.5 Å². The molecule has 0 saturated carbocycles. The Bertz CT molecular complexity index is 867. The molecule has 2 N–H and O–H groups in total. The van der Waals surface area contributed by atoms with Gasteiger partial charge in [-0.05, 0) is 36.4 Å². The van der Waals surface area contributed by atoms with Crippen molar-refractivity contribution in [2.24, 2.45) is 0 Å². The number of esters is 1. The summed E-state index contributed by atoms with van der Waals surface area (Å²) in [6.07, 6.45) is -4.53. The molecule has 0 fully saturated rings. The molecular formula is C18H14F4N2O4. The fourth-order valence-electron chi connectivity index (χ4n) is 2.01. The molecule has 2 amide bonds. The van der Waals surface area contributed by atoms with E-state index in [0.29, 0.717) is 0 Å². The summed E-state index contributed by atoms with van der Waals surface area (Å²) >= 11 is 0. The van der Waals surface area contributed by atoms with Crippen molar-refractivity contribution in [3.63, 3.8) is 0 Å². The monoisotopic (exact) mass is 398 g/mol. The van der Waals surface area contributed by atoms with Gasteiger partial charge >= 0.3 is 12.1 Å². The Morgan fingerprint density at radius 2 is 1.61 bits per heavy atom. The first-order valence-corrected chi connectivity index (χ1v) is 7.82. The maximum Gasteiger partial charge on any atom is 0.416 e. The molecule has 2 rings (SSSR count). The van der Waals surface area contributed by atoms with Gasteiger partial charge in [0, 0.05) is 5.56 Å². The highest BCUT2D eigenvalue weighted by molar-refractivity contribution is 5.96. The number of carbonyl (C=O) groups is 3. The van der Waals surface area contributed by atoms with Crippen LogP contribution in [0.15, 0.2) is 48.5 Å². The van der Waals surface area contributed by atoms with E-state index in [-0.39, 0.29) is 11.3 Å². The second-order valence-corrected chi connectivity index (χ2v) is 5.45. The summed E-state index contributed by atoms with van der Waals surface area (Å²) in [5, 5.41) is 4.36. The van der Waals surface area contributed by atoms with Gasteiger partial charge in [0.25, 0.3) is 11.8 Å². The molecular weight excluding hydrogens is 384 g/mol. The molecule has 0 unspecified atom stereocenters. The molecule has 0 saturated heterocycles. The Kier molecular flexibility index (Phi) is 6.69. The van der Waals surface area contributed by atoms with Crippen LogP contribution in [0.4, 0.5) is 23.2 Å². The highest BCUT2D eigenvalue weighted by Gasteiger charge is 2.30. The fraction of sp³-hybridized carbons (Fsp3) is 0.167. The molecule has 28 heavy (non-hydrogen) atoms. The van der Waals surface area contributed by atoms with Gasteiger partial charge in [-0.15, -0.1) is 0 Å². The second-order valence-electron chi connectivity index (χ2n) is 5.45. The van der Waals surface area contributed by atoms with Gasteiger partial charge in [0.1, 0.15) is 12.4 Å².